The summed E-state index contributed by atoms with van der Waals surface area (Å²) in [6.07, 6.45) is 1.54. The maximum absolute atomic E-state index is 12.6. The van der Waals surface area contributed by atoms with E-state index in [1.54, 1.807) is 24.0 Å². The molecule has 24 heavy (non-hydrogen) atoms. The standard InChI is InChI=1S/C17H18N4O3/c1-11-9-14(24-20-11)16(23)21-8-4-7-17(10-21)18-13-6-3-2-5-12(13)15(22)19-17/h2-3,5-6,9,18H,4,7-8,10H2,1H3,(H,19,22). The number of nitrogens with one attached hydrogen (secondary N) is 2. The van der Waals surface area contributed by atoms with Crippen LogP contribution in [0.5, 0.6) is 0 Å². The number of hydrogen-bond donors (Lipinski definition) is 2. The molecule has 2 aliphatic rings. The molecule has 1 fully saturated rings. The van der Waals surface area contributed by atoms with E-state index in [-0.39, 0.29) is 17.6 Å². The lowest BCUT2D eigenvalue weighted by Crippen LogP contribution is -2.66. The van der Waals surface area contributed by atoms with Gasteiger partial charge >= 0.3 is 0 Å². The molecule has 1 aromatic heterocycles. The molecule has 1 spiro atoms. The van der Waals surface area contributed by atoms with E-state index in [0.29, 0.717) is 24.3 Å². The molecule has 2 amide bonds. The second-order valence-corrected chi connectivity index (χ2v) is 6.37. The Balaban J connectivity index is 1.59. The van der Waals surface area contributed by atoms with E-state index < -0.39 is 5.66 Å². The molecule has 1 aromatic carbocycles. The van der Waals surface area contributed by atoms with Crippen molar-refractivity contribution in [3.8, 4) is 0 Å². The van der Waals surface area contributed by atoms with Crippen molar-refractivity contribution < 1.29 is 14.1 Å². The molecule has 124 valence electrons. The maximum Gasteiger partial charge on any atom is 0.292 e. The zero-order chi connectivity index (χ0) is 16.7. The molecule has 0 saturated carbocycles. The van der Waals surface area contributed by atoms with Crippen LogP contribution in [-0.4, -0.2) is 40.6 Å². The van der Waals surface area contributed by atoms with Gasteiger partial charge in [-0.05, 0) is 31.9 Å². The summed E-state index contributed by atoms with van der Waals surface area (Å²) >= 11 is 0. The number of aryl methyl sites for hydroxylation is 1. The van der Waals surface area contributed by atoms with E-state index in [1.807, 2.05) is 18.2 Å². The lowest BCUT2D eigenvalue weighted by atomic mass is 9.93. The van der Waals surface area contributed by atoms with Crippen molar-refractivity contribution in [2.45, 2.75) is 25.4 Å². The number of nitrogens with zero attached hydrogens (tertiary/aromatic N) is 2. The minimum Gasteiger partial charge on any atom is -0.361 e. The average Bonchev–Trinajstić information content (AvgIpc) is 3.00. The number of piperidine rings is 1. The van der Waals surface area contributed by atoms with Gasteiger partial charge in [-0.3, -0.25) is 9.59 Å². The van der Waals surface area contributed by atoms with Crippen LogP contribution in [0.15, 0.2) is 34.9 Å². The van der Waals surface area contributed by atoms with Crippen LogP contribution in [0.3, 0.4) is 0 Å². The summed E-state index contributed by atoms with van der Waals surface area (Å²) < 4.78 is 5.08. The van der Waals surface area contributed by atoms with Crippen LogP contribution in [0, 0.1) is 6.92 Å². The maximum atomic E-state index is 12.6. The first-order valence-electron chi connectivity index (χ1n) is 7.99. The Hall–Kier alpha value is -2.83. The molecular weight excluding hydrogens is 308 g/mol. The van der Waals surface area contributed by atoms with Gasteiger partial charge < -0.3 is 20.1 Å². The quantitative estimate of drug-likeness (QED) is 0.834. The highest BCUT2D eigenvalue weighted by molar-refractivity contribution is 6.02. The SMILES string of the molecule is Cc1cc(C(=O)N2CCCC3(C2)NC(=O)c2ccccc2N3)on1. The lowest BCUT2D eigenvalue weighted by Gasteiger charge is -2.46. The summed E-state index contributed by atoms with van der Waals surface area (Å²) in [7, 11) is 0. The highest BCUT2D eigenvalue weighted by Crippen LogP contribution is 2.30. The van der Waals surface area contributed by atoms with E-state index in [1.165, 1.54) is 0 Å². The van der Waals surface area contributed by atoms with Crippen molar-refractivity contribution in [3.63, 3.8) is 0 Å². The molecule has 4 rings (SSSR count). The van der Waals surface area contributed by atoms with Gasteiger partial charge in [0.05, 0.1) is 17.8 Å². The van der Waals surface area contributed by atoms with Crippen molar-refractivity contribution in [3.05, 3.63) is 47.3 Å². The number of benzene rings is 1. The zero-order valence-electron chi connectivity index (χ0n) is 13.3. The molecule has 2 N–H and O–H groups in total. The van der Waals surface area contributed by atoms with Gasteiger partial charge in [-0.2, -0.15) is 0 Å². The molecule has 1 saturated heterocycles. The summed E-state index contributed by atoms with van der Waals surface area (Å²) in [4.78, 5) is 26.7. The van der Waals surface area contributed by atoms with Crippen LogP contribution in [-0.2, 0) is 0 Å². The second-order valence-electron chi connectivity index (χ2n) is 6.37. The van der Waals surface area contributed by atoms with Gasteiger partial charge in [0.15, 0.2) is 0 Å². The molecule has 3 heterocycles. The monoisotopic (exact) mass is 326 g/mol. The Bertz CT molecular complexity index is 816. The Morgan fingerprint density at radius 3 is 2.96 bits per heavy atom. The predicted molar refractivity (Wildman–Crippen MR) is 86.6 cm³/mol. The van der Waals surface area contributed by atoms with Crippen LogP contribution in [0.1, 0.15) is 39.4 Å². The Labute approximate surface area is 139 Å². The fraction of sp³-hybridized carbons (Fsp3) is 0.353. The summed E-state index contributed by atoms with van der Waals surface area (Å²) in [6, 6.07) is 9.03. The van der Waals surface area contributed by atoms with Crippen LogP contribution in [0.4, 0.5) is 5.69 Å². The number of para-hydroxylation sites is 1. The first-order valence-corrected chi connectivity index (χ1v) is 7.99. The fourth-order valence-electron chi connectivity index (χ4n) is 3.42. The number of anilines is 1. The van der Waals surface area contributed by atoms with E-state index >= 15 is 0 Å². The molecule has 2 aromatic rings. The molecule has 7 heteroatoms. The molecule has 7 nitrogen and oxygen atoms in total. The molecule has 2 aliphatic heterocycles. The largest absolute Gasteiger partial charge is 0.361 e. The molecule has 0 bridgehead atoms. The lowest BCUT2D eigenvalue weighted by molar-refractivity contribution is 0.0558. The zero-order valence-corrected chi connectivity index (χ0v) is 13.3. The minimum absolute atomic E-state index is 0.117. The molecule has 0 radical (unpaired) electrons. The summed E-state index contributed by atoms with van der Waals surface area (Å²) in [5.41, 5.74) is 1.45. The smallest absolute Gasteiger partial charge is 0.292 e. The van der Waals surface area contributed by atoms with Gasteiger partial charge in [0, 0.05) is 18.3 Å². The molecule has 0 aliphatic carbocycles. The highest BCUT2D eigenvalue weighted by Gasteiger charge is 2.42. The van der Waals surface area contributed by atoms with Crippen LogP contribution in [0.2, 0.25) is 0 Å². The minimum atomic E-state index is -0.644. The number of aromatic nitrogens is 1. The second kappa shape index (κ2) is 5.36. The predicted octanol–water partition coefficient (Wildman–Crippen LogP) is 1.77. The third-order valence-corrected chi connectivity index (χ3v) is 4.52. The Kier molecular flexibility index (Phi) is 3.30. The number of carbonyl (C=O) groups excluding carboxylic acids is 2. The molecule has 1 unspecified atom stereocenters. The average molecular weight is 326 g/mol. The normalized spacial score (nSPS) is 22.7. The van der Waals surface area contributed by atoms with Gasteiger partial charge in [0.2, 0.25) is 5.76 Å². The van der Waals surface area contributed by atoms with E-state index in [2.05, 4.69) is 15.8 Å². The van der Waals surface area contributed by atoms with E-state index in [4.69, 9.17) is 4.52 Å². The molecular formula is C17H18N4O3. The number of likely N-dealkylation sites (tertiary alicyclic amines) is 1. The first kappa shape index (κ1) is 14.7. The topological polar surface area (TPSA) is 87.5 Å². The summed E-state index contributed by atoms with van der Waals surface area (Å²) in [5.74, 6) is -0.0918. The summed E-state index contributed by atoms with van der Waals surface area (Å²) in [6.45, 7) is 2.78. The highest BCUT2D eigenvalue weighted by atomic mass is 16.5. The Morgan fingerprint density at radius 1 is 1.33 bits per heavy atom. The molecule has 1 atom stereocenters. The van der Waals surface area contributed by atoms with Crippen molar-refractivity contribution in [1.29, 1.82) is 0 Å². The summed E-state index contributed by atoms with van der Waals surface area (Å²) in [5, 5.41) is 10.2. The first-order chi connectivity index (χ1) is 11.6. The number of rotatable bonds is 1. The van der Waals surface area contributed by atoms with Gasteiger partial charge in [-0.15, -0.1) is 0 Å². The van der Waals surface area contributed by atoms with Gasteiger partial charge in [0.1, 0.15) is 5.66 Å². The number of carbonyl (C=O) groups is 2. The van der Waals surface area contributed by atoms with E-state index in [9.17, 15) is 9.59 Å². The number of fused-ring (bicyclic) bond motifs is 1. The Morgan fingerprint density at radius 2 is 2.17 bits per heavy atom. The van der Waals surface area contributed by atoms with Crippen LogP contribution >= 0.6 is 0 Å². The van der Waals surface area contributed by atoms with Crippen molar-refractivity contribution >= 4 is 17.5 Å². The van der Waals surface area contributed by atoms with E-state index in [0.717, 1.165) is 18.5 Å². The van der Waals surface area contributed by atoms with Gasteiger partial charge in [0.25, 0.3) is 11.8 Å². The van der Waals surface area contributed by atoms with Crippen LogP contribution < -0.4 is 10.6 Å². The van der Waals surface area contributed by atoms with Crippen LogP contribution in [0.25, 0.3) is 0 Å². The van der Waals surface area contributed by atoms with Crippen molar-refractivity contribution in [2.75, 3.05) is 18.4 Å². The number of hydrogen-bond acceptors (Lipinski definition) is 5. The third kappa shape index (κ3) is 2.42. The van der Waals surface area contributed by atoms with Gasteiger partial charge in [-0.1, -0.05) is 17.3 Å². The van der Waals surface area contributed by atoms with Crippen molar-refractivity contribution in [1.82, 2.24) is 15.4 Å². The third-order valence-electron chi connectivity index (χ3n) is 4.52. The number of amides is 2. The fourth-order valence-corrected chi connectivity index (χ4v) is 3.42. The van der Waals surface area contributed by atoms with Crippen molar-refractivity contribution in [2.24, 2.45) is 0 Å². The van der Waals surface area contributed by atoms with Gasteiger partial charge in [-0.25, -0.2) is 0 Å².